The molecule has 1 fully saturated rings. The Balaban J connectivity index is 1.96. The van der Waals surface area contributed by atoms with Crippen LogP contribution in [0.15, 0.2) is 16.7 Å². The van der Waals surface area contributed by atoms with Crippen molar-refractivity contribution in [3.63, 3.8) is 0 Å². The number of aromatic nitrogens is 2. The lowest BCUT2D eigenvalue weighted by atomic mass is 9.95. The van der Waals surface area contributed by atoms with Gasteiger partial charge in [-0.2, -0.15) is 4.98 Å². The van der Waals surface area contributed by atoms with E-state index in [1.807, 2.05) is 6.92 Å². The molecule has 16 heavy (non-hydrogen) atoms. The molecule has 0 amide bonds. The van der Waals surface area contributed by atoms with Gasteiger partial charge in [0, 0.05) is 20.0 Å². The van der Waals surface area contributed by atoms with Crippen molar-refractivity contribution in [1.82, 2.24) is 10.1 Å². The highest BCUT2D eigenvalue weighted by Gasteiger charge is 2.22. The molecule has 1 unspecified atom stereocenters. The Morgan fingerprint density at radius 3 is 3.12 bits per heavy atom. The molecule has 2 rings (SSSR count). The predicted molar refractivity (Wildman–Crippen MR) is 63.4 cm³/mol. The lowest BCUT2D eigenvalue weighted by molar-refractivity contribution is 0.381. The van der Waals surface area contributed by atoms with Crippen molar-refractivity contribution in [1.29, 1.82) is 0 Å². The predicted octanol–water partition coefficient (Wildman–Crippen LogP) is 2.56. The number of piperidine rings is 1. The molecule has 1 atom stereocenters. The van der Waals surface area contributed by atoms with Gasteiger partial charge in [-0.25, -0.2) is 0 Å². The van der Waals surface area contributed by atoms with E-state index in [0.29, 0.717) is 5.89 Å². The van der Waals surface area contributed by atoms with Gasteiger partial charge in [0.05, 0.1) is 0 Å². The van der Waals surface area contributed by atoms with Crippen LogP contribution in [-0.4, -0.2) is 23.2 Å². The highest BCUT2D eigenvalue weighted by atomic mass is 16.5. The molecular weight excluding hydrogens is 202 g/mol. The molecule has 0 N–H and O–H groups in total. The summed E-state index contributed by atoms with van der Waals surface area (Å²) in [7, 11) is 0. The third-order valence-corrected chi connectivity index (χ3v) is 3.02. The summed E-state index contributed by atoms with van der Waals surface area (Å²) in [4.78, 5) is 6.51. The minimum atomic E-state index is 0.644. The van der Waals surface area contributed by atoms with Gasteiger partial charge in [0.15, 0.2) is 0 Å². The molecule has 0 aliphatic carbocycles. The largest absolute Gasteiger partial charge is 0.338 e. The summed E-state index contributed by atoms with van der Waals surface area (Å²) < 4.78 is 5.02. The van der Waals surface area contributed by atoms with Crippen molar-refractivity contribution in [3.8, 4) is 0 Å². The maximum atomic E-state index is 5.02. The zero-order valence-corrected chi connectivity index (χ0v) is 10.0. The Bertz CT molecular complexity index is 359. The van der Waals surface area contributed by atoms with E-state index in [9.17, 15) is 0 Å². The zero-order valence-electron chi connectivity index (χ0n) is 10.0. The quantitative estimate of drug-likeness (QED) is 0.736. The van der Waals surface area contributed by atoms with E-state index in [0.717, 1.165) is 31.4 Å². The minimum absolute atomic E-state index is 0.644. The van der Waals surface area contributed by atoms with Crippen LogP contribution in [-0.2, 0) is 0 Å². The van der Waals surface area contributed by atoms with Gasteiger partial charge in [-0.15, -0.1) is 0 Å². The maximum Gasteiger partial charge on any atom is 0.266 e. The van der Waals surface area contributed by atoms with Crippen molar-refractivity contribution >= 4 is 5.95 Å². The molecule has 1 aromatic heterocycles. The number of nitrogens with zero attached hydrogens (tertiary/aromatic N) is 3. The summed E-state index contributed by atoms with van der Waals surface area (Å²) in [6.07, 6.45) is 8.05. The fourth-order valence-corrected chi connectivity index (χ4v) is 2.18. The van der Waals surface area contributed by atoms with Crippen LogP contribution < -0.4 is 4.90 Å². The number of hydrogen-bond acceptors (Lipinski definition) is 4. The molecule has 2 heterocycles. The second kappa shape index (κ2) is 5.14. The maximum absolute atomic E-state index is 5.02. The molecule has 1 aromatic rings. The highest BCUT2D eigenvalue weighted by Crippen LogP contribution is 2.23. The number of anilines is 1. The van der Waals surface area contributed by atoms with Crippen LogP contribution >= 0.6 is 0 Å². The Labute approximate surface area is 96.3 Å². The standard InChI is InChI=1S/C12H19N3O/c1-3-4-6-11-7-5-8-15(9-11)12-13-10(2)16-14-12/h3-4,11H,5-9H2,1-2H3/b4-3+. The molecule has 0 bridgehead atoms. The molecule has 0 spiro atoms. The summed E-state index contributed by atoms with van der Waals surface area (Å²) in [6.45, 7) is 6.00. The molecule has 88 valence electrons. The number of rotatable bonds is 3. The monoisotopic (exact) mass is 221 g/mol. The van der Waals surface area contributed by atoms with Crippen LogP contribution in [0.25, 0.3) is 0 Å². The van der Waals surface area contributed by atoms with E-state index in [2.05, 4.69) is 34.1 Å². The SMILES string of the molecule is C/C=C/CC1CCCN(c2noc(C)n2)C1. The van der Waals surface area contributed by atoms with E-state index in [1.54, 1.807) is 0 Å². The smallest absolute Gasteiger partial charge is 0.266 e. The zero-order chi connectivity index (χ0) is 11.4. The van der Waals surface area contributed by atoms with Crippen molar-refractivity contribution in [2.75, 3.05) is 18.0 Å². The third-order valence-electron chi connectivity index (χ3n) is 3.02. The van der Waals surface area contributed by atoms with E-state index in [4.69, 9.17) is 4.52 Å². The fourth-order valence-electron chi connectivity index (χ4n) is 2.18. The second-order valence-corrected chi connectivity index (χ2v) is 4.37. The van der Waals surface area contributed by atoms with E-state index in [-0.39, 0.29) is 0 Å². The van der Waals surface area contributed by atoms with Crippen molar-refractivity contribution in [2.24, 2.45) is 5.92 Å². The summed E-state index contributed by atoms with van der Waals surface area (Å²) in [5.74, 6) is 2.12. The average molecular weight is 221 g/mol. The summed E-state index contributed by atoms with van der Waals surface area (Å²) in [5, 5.41) is 3.98. The van der Waals surface area contributed by atoms with Gasteiger partial charge >= 0.3 is 0 Å². The summed E-state index contributed by atoms with van der Waals surface area (Å²) >= 11 is 0. The summed E-state index contributed by atoms with van der Waals surface area (Å²) in [6, 6.07) is 0. The number of allylic oxidation sites excluding steroid dienone is 2. The van der Waals surface area contributed by atoms with Crippen molar-refractivity contribution in [2.45, 2.75) is 33.1 Å². The van der Waals surface area contributed by atoms with Gasteiger partial charge in [-0.05, 0) is 37.3 Å². The fraction of sp³-hybridized carbons (Fsp3) is 0.667. The van der Waals surface area contributed by atoms with Gasteiger partial charge in [-0.1, -0.05) is 12.2 Å². The molecule has 1 aliphatic heterocycles. The summed E-state index contributed by atoms with van der Waals surface area (Å²) in [5.41, 5.74) is 0. The van der Waals surface area contributed by atoms with E-state index < -0.39 is 0 Å². The first-order chi connectivity index (χ1) is 7.79. The van der Waals surface area contributed by atoms with Gasteiger partial charge in [0.1, 0.15) is 0 Å². The molecule has 0 aromatic carbocycles. The Hall–Kier alpha value is -1.32. The normalized spacial score (nSPS) is 21.9. The van der Waals surface area contributed by atoms with E-state index >= 15 is 0 Å². The highest BCUT2D eigenvalue weighted by molar-refractivity contribution is 5.28. The molecular formula is C12H19N3O. The Morgan fingerprint density at radius 2 is 2.44 bits per heavy atom. The van der Waals surface area contributed by atoms with Gasteiger partial charge < -0.3 is 9.42 Å². The lowest BCUT2D eigenvalue weighted by Crippen LogP contribution is -2.35. The van der Waals surface area contributed by atoms with Gasteiger partial charge in [0.2, 0.25) is 5.89 Å². The van der Waals surface area contributed by atoms with Crippen molar-refractivity contribution in [3.05, 3.63) is 18.0 Å². The first kappa shape index (κ1) is 11.2. The van der Waals surface area contributed by atoms with Crippen LogP contribution in [0, 0.1) is 12.8 Å². The van der Waals surface area contributed by atoms with Crippen LogP contribution in [0.3, 0.4) is 0 Å². The lowest BCUT2D eigenvalue weighted by Gasteiger charge is -2.31. The van der Waals surface area contributed by atoms with Crippen LogP contribution in [0.4, 0.5) is 5.95 Å². The van der Waals surface area contributed by atoms with Crippen LogP contribution in [0.2, 0.25) is 0 Å². The molecule has 0 radical (unpaired) electrons. The molecule has 4 heteroatoms. The third kappa shape index (κ3) is 2.62. The molecule has 1 aliphatic rings. The first-order valence-corrected chi connectivity index (χ1v) is 5.96. The molecule has 4 nitrogen and oxygen atoms in total. The van der Waals surface area contributed by atoms with Crippen LogP contribution in [0.1, 0.15) is 32.1 Å². The molecule has 1 saturated heterocycles. The van der Waals surface area contributed by atoms with E-state index in [1.165, 1.54) is 12.8 Å². The minimum Gasteiger partial charge on any atom is -0.338 e. The number of aryl methyl sites for hydroxylation is 1. The Morgan fingerprint density at radius 1 is 1.56 bits per heavy atom. The van der Waals surface area contributed by atoms with Gasteiger partial charge in [-0.3, -0.25) is 0 Å². The number of hydrogen-bond donors (Lipinski definition) is 0. The average Bonchev–Trinajstić information content (AvgIpc) is 2.74. The van der Waals surface area contributed by atoms with Crippen molar-refractivity contribution < 1.29 is 4.52 Å². The topological polar surface area (TPSA) is 42.2 Å². The molecule has 0 saturated carbocycles. The Kier molecular flexibility index (Phi) is 3.59. The van der Waals surface area contributed by atoms with Gasteiger partial charge in [0.25, 0.3) is 5.95 Å². The van der Waals surface area contributed by atoms with Crippen LogP contribution in [0.5, 0.6) is 0 Å². The second-order valence-electron chi connectivity index (χ2n) is 4.37. The first-order valence-electron chi connectivity index (χ1n) is 5.96.